The Balaban J connectivity index is 1.29. The lowest BCUT2D eigenvalue weighted by atomic mass is 9.83. The van der Waals surface area contributed by atoms with Gasteiger partial charge in [0, 0.05) is 56.0 Å². The van der Waals surface area contributed by atoms with Gasteiger partial charge < -0.3 is 20.1 Å². The van der Waals surface area contributed by atoms with Gasteiger partial charge in [0.2, 0.25) is 5.91 Å². The van der Waals surface area contributed by atoms with Crippen molar-refractivity contribution in [2.24, 2.45) is 5.92 Å². The summed E-state index contributed by atoms with van der Waals surface area (Å²) in [5.74, 6) is 0.354. The van der Waals surface area contributed by atoms with Crippen molar-refractivity contribution in [1.82, 2.24) is 14.8 Å². The normalized spacial score (nSPS) is 19.7. The van der Waals surface area contributed by atoms with Crippen LogP contribution >= 0.6 is 0 Å². The molecule has 2 aliphatic rings. The first-order valence-electron chi connectivity index (χ1n) is 10.5. The molecule has 2 atom stereocenters. The number of aryl methyl sites for hydroxylation is 2. The van der Waals surface area contributed by atoms with E-state index in [1.165, 1.54) is 0 Å². The van der Waals surface area contributed by atoms with Crippen LogP contribution in [0.25, 0.3) is 0 Å². The standard InChI is InChI=1S/C23H28N4O3/c1-15-6-7-16(2)19(10-15)25-21(28)8-9-24-23(30)26-12-17-11-18(14-26)20-4-3-5-22(29)27(20)13-17/h3-7,10,17-18H,8-9,11-14H2,1-2H3,(H,24,30)(H,25,28). The minimum atomic E-state index is -0.143. The summed E-state index contributed by atoms with van der Waals surface area (Å²) in [5.41, 5.74) is 3.96. The number of likely N-dealkylation sites (tertiary alicyclic amines) is 1. The van der Waals surface area contributed by atoms with E-state index < -0.39 is 0 Å². The third kappa shape index (κ3) is 4.25. The van der Waals surface area contributed by atoms with Crippen LogP contribution in [0.3, 0.4) is 0 Å². The van der Waals surface area contributed by atoms with Crippen LogP contribution in [0.5, 0.6) is 0 Å². The van der Waals surface area contributed by atoms with Gasteiger partial charge in [-0.15, -0.1) is 0 Å². The molecule has 2 unspecified atom stereocenters. The van der Waals surface area contributed by atoms with Crippen molar-refractivity contribution >= 4 is 17.6 Å². The van der Waals surface area contributed by atoms with E-state index in [2.05, 4.69) is 10.6 Å². The summed E-state index contributed by atoms with van der Waals surface area (Å²) in [6, 6.07) is 11.2. The molecule has 1 fully saturated rings. The third-order valence-corrected chi connectivity index (χ3v) is 6.06. The predicted octanol–water partition coefficient (Wildman–Crippen LogP) is 2.62. The van der Waals surface area contributed by atoms with Gasteiger partial charge in [-0.25, -0.2) is 4.79 Å². The smallest absolute Gasteiger partial charge is 0.317 e. The lowest BCUT2D eigenvalue weighted by molar-refractivity contribution is -0.116. The number of hydrogen-bond donors (Lipinski definition) is 2. The highest BCUT2D eigenvalue weighted by Crippen LogP contribution is 2.34. The number of anilines is 1. The summed E-state index contributed by atoms with van der Waals surface area (Å²) in [4.78, 5) is 38.9. The first kappa shape index (κ1) is 20.2. The van der Waals surface area contributed by atoms with Crippen molar-refractivity contribution in [3.63, 3.8) is 0 Å². The molecule has 7 nitrogen and oxygen atoms in total. The maximum atomic E-state index is 12.7. The minimum Gasteiger partial charge on any atom is -0.337 e. The summed E-state index contributed by atoms with van der Waals surface area (Å²) >= 11 is 0. The van der Waals surface area contributed by atoms with Crippen molar-refractivity contribution in [1.29, 1.82) is 0 Å². The Bertz CT molecular complexity index is 1030. The fraction of sp³-hybridized carbons (Fsp3) is 0.435. The number of nitrogens with one attached hydrogen (secondary N) is 2. The van der Waals surface area contributed by atoms with Gasteiger partial charge >= 0.3 is 6.03 Å². The second-order valence-electron chi connectivity index (χ2n) is 8.45. The summed E-state index contributed by atoms with van der Waals surface area (Å²) < 4.78 is 1.85. The molecule has 30 heavy (non-hydrogen) atoms. The average molecular weight is 409 g/mol. The molecular formula is C23H28N4O3. The van der Waals surface area contributed by atoms with E-state index >= 15 is 0 Å². The van der Waals surface area contributed by atoms with Crippen LogP contribution in [-0.2, 0) is 11.3 Å². The molecule has 2 N–H and O–H groups in total. The van der Waals surface area contributed by atoms with Crippen molar-refractivity contribution in [3.05, 3.63) is 63.6 Å². The first-order chi connectivity index (χ1) is 14.4. The van der Waals surface area contributed by atoms with Crippen molar-refractivity contribution in [2.75, 3.05) is 25.0 Å². The second kappa shape index (κ2) is 8.34. The number of carbonyl (C=O) groups is 2. The molecule has 2 bridgehead atoms. The van der Waals surface area contributed by atoms with Crippen LogP contribution in [0.4, 0.5) is 10.5 Å². The number of carbonyl (C=O) groups excluding carboxylic acids is 2. The van der Waals surface area contributed by atoms with E-state index in [1.807, 2.05) is 47.6 Å². The number of pyridine rings is 1. The summed E-state index contributed by atoms with van der Waals surface area (Å²) in [7, 11) is 0. The molecule has 0 aliphatic carbocycles. The highest BCUT2D eigenvalue weighted by atomic mass is 16.2. The topological polar surface area (TPSA) is 83.4 Å². The molecule has 0 radical (unpaired) electrons. The maximum Gasteiger partial charge on any atom is 0.317 e. The number of amides is 3. The summed E-state index contributed by atoms with van der Waals surface area (Å²) in [5, 5.41) is 5.79. The third-order valence-electron chi connectivity index (χ3n) is 6.06. The van der Waals surface area contributed by atoms with Crippen LogP contribution in [-0.4, -0.2) is 41.0 Å². The van der Waals surface area contributed by atoms with Gasteiger partial charge in [-0.1, -0.05) is 18.2 Å². The molecule has 4 rings (SSSR count). The Morgan fingerprint density at radius 3 is 2.77 bits per heavy atom. The van der Waals surface area contributed by atoms with E-state index in [9.17, 15) is 14.4 Å². The zero-order chi connectivity index (χ0) is 21.3. The number of fused-ring (bicyclic) bond motifs is 4. The lowest BCUT2D eigenvalue weighted by Crippen LogP contribution is -2.52. The zero-order valence-corrected chi connectivity index (χ0v) is 17.5. The monoisotopic (exact) mass is 408 g/mol. The Hall–Kier alpha value is -3.09. The zero-order valence-electron chi connectivity index (χ0n) is 17.5. The molecule has 1 aromatic carbocycles. The van der Waals surface area contributed by atoms with Crippen molar-refractivity contribution in [2.45, 2.75) is 39.2 Å². The van der Waals surface area contributed by atoms with Crippen molar-refractivity contribution in [3.8, 4) is 0 Å². The van der Waals surface area contributed by atoms with Crippen LogP contribution < -0.4 is 16.2 Å². The Morgan fingerprint density at radius 2 is 1.93 bits per heavy atom. The van der Waals surface area contributed by atoms with Crippen LogP contribution in [0.2, 0.25) is 0 Å². The number of piperidine rings is 1. The molecule has 1 aromatic heterocycles. The van der Waals surface area contributed by atoms with Gasteiger partial charge in [-0.2, -0.15) is 0 Å². The molecule has 0 saturated carbocycles. The highest BCUT2D eigenvalue weighted by molar-refractivity contribution is 5.92. The number of rotatable bonds is 4. The van der Waals surface area contributed by atoms with E-state index in [1.54, 1.807) is 12.1 Å². The maximum absolute atomic E-state index is 12.7. The number of hydrogen-bond acceptors (Lipinski definition) is 3. The number of benzene rings is 1. The molecule has 2 aliphatic heterocycles. The second-order valence-corrected chi connectivity index (χ2v) is 8.45. The number of nitrogens with zero attached hydrogens (tertiary/aromatic N) is 2. The van der Waals surface area contributed by atoms with E-state index in [-0.39, 0.29) is 42.3 Å². The fourth-order valence-corrected chi connectivity index (χ4v) is 4.54. The average Bonchev–Trinajstić information content (AvgIpc) is 2.71. The number of urea groups is 1. The minimum absolute atomic E-state index is 0.0370. The Kier molecular flexibility index (Phi) is 5.61. The van der Waals surface area contributed by atoms with Gasteiger partial charge in [0.05, 0.1) is 0 Å². The Labute approximate surface area is 176 Å². The fourth-order valence-electron chi connectivity index (χ4n) is 4.54. The van der Waals surface area contributed by atoms with Crippen LogP contribution in [0.1, 0.15) is 35.6 Å². The largest absolute Gasteiger partial charge is 0.337 e. The SMILES string of the molecule is Cc1ccc(C)c(NC(=O)CCNC(=O)N2CC3CC(C2)c2cccc(=O)n2C3)c1. The highest BCUT2D eigenvalue weighted by Gasteiger charge is 2.36. The lowest BCUT2D eigenvalue weighted by Gasteiger charge is -2.42. The first-order valence-corrected chi connectivity index (χ1v) is 10.5. The Morgan fingerprint density at radius 1 is 1.10 bits per heavy atom. The van der Waals surface area contributed by atoms with Gasteiger partial charge in [0.15, 0.2) is 0 Å². The summed E-state index contributed by atoms with van der Waals surface area (Å²) in [6.07, 6.45) is 1.23. The molecule has 1 saturated heterocycles. The number of aromatic nitrogens is 1. The quantitative estimate of drug-likeness (QED) is 0.816. The molecular weight excluding hydrogens is 380 g/mol. The molecule has 7 heteroatoms. The van der Waals surface area contributed by atoms with E-state index in [0.717, 1.165) is 28.9 Å². The molecule has 3 heterocycles. The molecule has 0 spiro atoms. The van der Waals surface area contributed by atoms with Gasteiger partial charge in [0.25, 0.3) is 5.56 Å². The van der Waals surface area contributed by atoms with Gasteiger partial charge in [0.1, 0.15) is 0 Å². The molecule has 3 amide bonds. The van der Waals surface area contributed by atoms with E-state index in [4.69, 9.17) is 0 Å². The molecule has 2 aromatic rings. The van der Waals surface area contributed by atoms with Crippen LogP contribution in [0.15, 0.2) is 41.2 Å². The molecule has 158 valence electrons. The van der Waals surface area contributed by atoms with Crippen molar-refractivity contribution < 1.29 is 9.59 Å². The van der Waals surface area contributed by atoms with Crippen LogP contribution in [0, 0.1) is 19.8 Å². The predicted molar refractivity (Wildman–Crippen MR) is 116 cm³/mol. The van der Waals surface area contributed by atoms with Gasteiger partial charge in [-0.05, 0) is 49.4 Å². The van der Waals surface area contributed by atoms with Gasteiger partial charge in [-0.3, -0.25) is 9.59 Å². The summed E-state index contributed by atoms with van der Waals surface area (Å²) in [6.45, 7) is 6.12. The van der Waals surface area contributed by atoms with E-state index in [0.29, 0.717) is 19.6 Å².